The Morgan fingerprint density at radius 2 is 1.70 bits per heavy atom. The van der Waals surface area contributed by atoms with Crippen LogP contribution in [0.5, 0.6) is 0 Å². The van der Waals surface area contributed by atoms with E-state index in [4.69, 9.17) is 4.74 Å². The first kappa shape index (κ1) is 19.8. The van der Waals surface area contributed by atoms with Crippen LogP contribution >= 0.6 is 0 Å². The van der Waals surface area contributed by atoms with Crippen molar-refractivity contribution in [2.24, 2.45) is 0 Å². The second-order valence-electron chi connectivity index (χ2n) is 6.77. The molecule has 0 atom stereocenters. The molecule has 0 unspecified atom stereocenters. The van der Waals surface area contributed by atoms with E-state index < -0.39 is 15.9 Å². The van der Waals surface area contributed by atoms with Gasteiger partial charge in [-0.3, -0.25) is 9.59 Å². The van der Waals surface area contributed by atoms with Crippen molar-refractivity contribution in [1.29, 1.82) is 0 Å². The highest BCUT2D eigenvalue weighted by atomic mass is 32.2. The molecule has 1 saturated heterocycles. The summed E-state index contributed by atoms with van der Waals surface area (Å²) in [6.45, 7) is 1.30. The minimum Gasteiger partial charge on any atom is -0.379 e. The van der Waals surface area contributed by atoms with Gasteiger partial charge in [0.05, 0.1) is 24.7 Å². The highest BCUT2D eigenvalue weighted by Gasteiger charge is 2.26. The van der Waals surface area contributed by atoms with Gasteiger partial charge >= 0.3 is 0 Å². The molecule has 148 valence electrons. The summed E-state index contributed by atoms with van der Waals surface area (Å²) in [5.41, 5.74) is 0.310. The molecule has 27 heavy (non-hydrogen) atoms. The number of rotatable bonds is 6. The zero-order chi connectivity index (χ0) is 19.3. The summed E-state index contributed by atoms with van der Waals surface area (Å²) in [5, 5.41) is 5.47. The molecule has 1 heterocycles. The smallest absolute Gasteiger partial charge is 0.251 e. The molecule has 1 saturated carbocycles. The second-order valence-corrected chi connectivity index (χ2v) is 8.71. The number of nitrogens with one attached hydrogen (secondary N) is 2. The topological polar surface area (TPSA) is 105 Å². The highest BCUT2D eigenvalue weighted by Crippen LogP contribution is 2.18. The summed E-state index contributed by atoms with van der Waals surface area (Å²) >= 11 is 0. The number of hydrogen-bond acceptors (Lipinski definition) is 5. The molecule has 2 aliphatic rings. The Morgan fingerprint density at radius 3 is 2.33 bits per heavy atom. The molecule has 1 aromatic carbocycles. The standard InChI is InChI=1S/C18H25N3O5S/c22-17(20-15-3-1-2-4-15)13-19-18(23)14-5-7-16(8-6-14)27(24,25)21-9-11-26-12-10-21/h5-8,15H,1-4,9-13H2,(H,19,23)(H,20,22). The Labute approximate surface area is 159 Å². The lowest BCUT2D eigenvalue weighted by molar-refractivity contribution is -0.120. The van der Waals surface area contributed by atoms with Crippen molar-refractivity contribution < 1.29 is 22.7 Å². The number of hydrogen-bond donors (Lipinski definition) is 2. The fourth-order valence-corrected chi connectivity index (χ4v) is 4.73. The molecule has 0 spiro atoms. The first-order chi connectivity index (χ1) is 13.0. The molecule has 0 radical (unpaired) electrons. The van der Waals surface area contributed by atoms with Gasteiger partial charge in [-0.15, -0.1) is 0 Å². The lowest BCUT2D eigenvalue weighted by Crippen LogP contribution is -2.41. The van der Waals surface area contributed by atoms with E-state index in [-0.39, 0.29) is 23.4 Å². The van der Waals surface area contributed by atoms with E-state index in [1.807, 2.05) is 0 Å². The minimum atomic E-state index is -3.59. The Hall–Kier alpha value is -1.97. The third kappa shape index (κ3) is 5.06. The van der Waals surface area contributed by atoms with E-state index in [1.54, 1.807) is 0 Å². The molecule has 2 amide bonds. The normalized spacial score (nSPS) is 19.0. The average Bonchev–Trinajstić information content (AvgIpc) is 3.20. The van der Waals surface area contributed by atoms with Crippen LogP contribution in [0.1, 0.15) is 36.0 Å². The van der Waals surface area contributed by atoms with Crippen LogP contribution < -0.4 is 10.6 Å². The molecule has 3 rings (SSSR count). The zero-order valence-electron chi connectivity index (χ0n) is 15.1. The number of carbonyl (C=O) groups is 2. The number of morpholine rings is 1. The van der Waals surface area contributed by atoms with E-state index >= 15 is 0 Å². The molecular formula is C18H25N3O5S. The van der Waals surface area contributed by atoms with Gasteiger partial charge in [0.1, 0.15) is 0 Å². The Kier molecular flexibility index (Phi) is 6.46. The van der Waals surface area contributed by atoms with Crippen molar-refractivity contribution in [1.82, 2.24) is 14.9 Å². The lowest BCUT2D eigenvalue weighted by atomic mass is 10.2. The summed E-state index contributed by atoms with van der Waals surface area (Å²) < 4.78 is 31.7. The van der Waals surface area contributed by atoms with Crippen molar-refractivity contribution >= 4 is 21.8 Å². The number of benzene rings is 1. The van der Waals surface area contributed by atoms with Crippen LogP contribution in [0.4, 0.5) is 0 Å². The van der Waals surface area contributed by atoms with E-state index in [2.05, 4.69) is 10.6 Å². The van der Waals surface area contributed by atoms with Gasteiger partial charge in [-0.05, 0) is 37.1 Å². The second kappa shape index (κ2) is 8.81. The number of sulfonamides is 1. The van der Waals surface area contributed by atoms with Crippen molar-refractivity contribution in [2.75, 3.05) is 32.8 Å². The van der Waals surface area contributed by atoms with Gasteiger partial charge in [-0.2, -0.15) is 4.31 Å². The van der Waals surface area contributed by atoms with Gasteiger partial charge in [-0.1, -0.05) is 12.8 Å². The van der Waals surface area contributed by atoms with Gasteiger partial charge in [-0.25, -0.2) is 8.42 Å². The third-order valence-corrected chi connectivity index (χ3v) is 6.77. The first-order valence-corrected chi connectivity index (χ1v) is 10.7. The average molecular weight is 395 g/mol. The van der Waals surface area contributed by atoms with E-state index in [1.165, 1.54) is 28.6 Å². The molecule has 0 bridgehead atoms. The monoisotopic (exact) mass is 395 g/mol. The third-order valence-electron chi connectivity index (χ3n) is 4.85. The molecule has 0 aromatic heterocycles. The summed E-state index contributed by atoms with van der Waals surface area (Å²) in [5.74, 6) is -0.617. The molecule has 9 heteroatoms. The molecule has 8 nitrogen and oxygen atoms in total. The predicted molar refractivity (Wildman–Crippen MR) is 98.8 cm³/mol. The summed E-state index contributed by atoms with van der Waals surface area (Å²) in [7, 11) is -3.59. The maximum Gasteiger partial charge on any atom is 0.251 e. The Bertz CT molecular complexity index is 767. The van der Waals surface area contributed by atoms with Gasteiger partial charge in [0.2, 0.25) is 15.9 Å². The molecular weight excluding hydrogens is 370 g/mol. The van der Waals surface area contributed by atoms with Crippen molar-refractivity contribution in [3.05, 3.63) is 29.8 Å². The van der Waals surface area contributed by atoms with Crippen molar-refractivity contribution in [3.63, 3.8) is 0 Å². The Morgan fingerprint density at radius 1 is 1.07 bits per heavy atom. The van der Waals surface area contributed by atoms with E-state index in [0.717, 1.165) is 25.7 Å². The van der Waals surface area contributed by atoms with Crippen LogP contribution in [0.15, 0.2) is 29.2 Å². The fraction of sp³-hybridized carbons (Fsp3) is 0.556. The first-order valence-electron chi connectivity index (χ1n) is 9.22. The van der Waals surface area contributed by atoms with E-state index in [9.17, 15) is 18.0 Å². The maximum atomic E-state index is 12.6. The largest absolute Gasteiger partial charge is 0.379 e. The summed E-state index contributed by atoms with van der Waals surface area (Å²) in [6.07, 6.45) is 4.21. The van der Waals surface area contributed by atoms with Gasteiger partial charge < -0.3 is 15.4 Å². The van der Waals surface area contributed by atoms with Crippen LogP contribution in [-0.4, -0.2) is 63.4 Å². The minimum absolute atomic E-state index is 0.0941. The molecule has 1 aromatic rings. The van der Waals surface area contributed by atoms with E-state index in [0.29, 0.717) is 31.9 Å². The predicted octanol–water partition coefficient (Wildman–Crippen LogP) is 0.496. The molecule has 1 aliphatic heterocycles. The Balaban J connectivity index is 1.54. The molecule has 2 fully saturated rings. The van der Waals surface area contributed by atoms with Crippen LogP contribution in [0, 0.1) is 0 Å². The summed E-state index contributed by atoms with van der Waals surface area (Å²) in [6, 6.07) is 5.95. The van der Waals surface area contributed by atoms with Crippen LogP contribution in [0.3, 0.4) is 0 Å². The van der Waals surface area contributed by atoms with Crippen LogP contribution in [0.25, 0.3) is 0 Å². The van der Waals surface area contributed by atoms with Crippen molar-refractivity contribution in [2.45, 2.75) is 36.6 Å². The number of nitrogens with zero attached hydrogens (tertiary/aromatic N) is 1. The van der Waals surface area contributed by atoms with Crippen LogP contribution in [0.2, 0.25) is 0 Å². The number of carbonyl (C=O) groups excluding carboxylic acids is 2. The van der Waals surface area contributed by atoms with Gasteiger partial charge in [0.25, 0.3) is 5.91 Å². The van der Waals surface area contributed by atoms with Crippen molar-refractivity contribution in [3.8, 4) is 0 Å². The van der Waals surface area contributed by atoms with Crippen LogP contribution in [-0.2, 0) is 19.6 Å². The maximum absolute atomic E-state index is 12.6. The fourth-order valence-electron chi connectivity index (χ4n) is 3.33. The number of ether oxygens (including phenoxy) is 1. The molecule has 2 N–H and O–H groups in total. The quantitative estimate of drug-likeness (QED) is 0.730. The summed E-state index contributed by atoms with van der Waals surface area (Å²) in [4.78, 5) is 24.2. The SMILES string of the molecule is O=C(CNC(=O)c1ccc(S(=O)(=O)N2CCOCC2)cc1)NC1CCCC1. The molecule has 1 aliphatic carbocycles. The lowest BCUT2D eigenvalue weighted by Gasteiger charge is -2.26. The highest BCUT2D eigenvalue weighted by molar-refractivity contribution is 7.89. The van der Waals surface area contributed by atoms with Gasteiger partial charge in [0.15, 0.2) is 0 Å². The number of amides is 2. The zero-order valence-corrected chi connectivity index (χ0v) is 16.0. The van der Waals surface area contributed by atoms with Gasteiger partial charge in [0, 0.05) is 24.7 Å².